The van der Waals surface area contributed by atoms with E-state index in [2.05, 4.69) is 0 Å². The molecule has 2 aromatic rings. The first kappa shape index (κ1) is 27.7. The third kappa shape index (κ3) is 6.19. The van der Waals surface area contributed by atoms with Crippen LogP contribution in [-0.4, -0.2) is 35.8 Å². The lowest BCUT2D eigenvalue weighted by Gasteiger charge is -2.25. The Morgan fingerprint density at radius 1 is 1.03 bits per heavy atom. The highest BCUT2D eigenvalue weighted by molar-refractivity contribution is 6.19. The molecule has 1 fully saturated rings. The zero-order valence-corrected chi connectivity index (χ0v) is 22.0. The standard InChI is InChI=1S/C29H34F3N3O3/c1-20-9-13-22(14-10-20)35-26(37)28(17-4-5-18-28)24(34-35)8-6-7-21-11-15-23(16-12-21)38-27(2,3)25(36)33-19-29(30,31)32/h9-16H,4-8,17-19H2,1-3H3,(H,33,36). The molecule has 0 unspecified atom stereocenters. The molecule has 1 aliphatic heterocycles. The number of benzene rings is 2. The van der Waals surface area contributed by atoms with E-state index in [0.29, 0.717) is 5.75 Å². The molecular formula is C29H34F3N3O3. The maximum Gasteiger partial charge on any atom is 0.405 e. The molecule has 2 amide bonds. The number of hydrogen-bond donors (Lipinski definition) is 1. The monoisotopic (exact) mass is 529 g/mol. The minimum Gasteiger partial charge on any atom is -0.478 e. The zero-order valence-electron chi connectivity index (χ0n) is 22.0. The number of carbonyl (C=O) groups is 2. The number of aryl methyl sites for hydroxylation is 2. The second-order valence-electron chi connectivity index (χ2n) is 10.7. The predicted molar refractivity (Wildman–Crippen MR) is 140 cm³/mol. The third-order valence-electron chi connectivity index (χ3n) is 7.28. The van der Waals surface area contributed by atoms with Gasteiger partial charge in [0.05, 0.1) is 16.8 Å². The molecule has 0 bridgehead atoms. The summed E-state index contributed by atoms with van der Waals surface area (Å²) in [6.07, 6.45) is 1.55. The van der Waals surface area contributed by atoms with Crippen molar-refractivity contribution in [1.29, 1.82) is 0 Å². The molecule has 38 heavy (non-hydrogen) atoms. The maximum absolute atomic E-state index is 13.5. The molecule has 0 atom stereocenters. The van der Waals surface area contributed by atoms with Gasteiger partial charge in [0, 0.05) is 0 Å². The lowest BCUT2D eigenvalue weighted by atomic mass is 9.78. The van der Waals surface area contributed by atoms with Crippen LogP contribution in [0.2, 0.25) is 0 Å². The van der Waals surface area contributed by atoms with Crippen molar-refractivity contribution in [3.8, 4) is 5.75 Å². The van der Waals surface area contributed by atoms with Crippen LogP contribution in [0.4, 0.5) is 18.9 Å². The van der Waals surface area contributed by atoms with E-state index < -0.39 is 29.6 Å². The van der Waals surface area contributed by atoms with Crippen LogP contribution in [0.3, 0.4) is 0 Å². The molecule has 204 valence electrons. The number of halogens is 3. The fourth-order valence-corrected chi connectivity index (χ4v) is 5.14. The molecular weight excluding hydrogens is 495 g/mol. The molecule has 0 saturated heterocycles. The summed E-state index contributed by atoms with van der Waals surface area (Å²) in [5, 5.41) is 8.25. The van der Waals surface area contributed by atoms with Crippen molar-refractivity contribution < 1.29 is 27.5 Å². The third-order valence-corrected chi connectivity index (χ3v) is 7.28. The fraction of sp³-hybridized carbons (Fsp3) is 0.483. The number of rotatable bonds is 9. The molecule has 1 saturated carbocycles. The minimum absolute atomic E-state index is 0.0808. The fourth-order valence-electron chi connectivity index (χ4n) is 5.14. The van der Waals surface area contributed by atoms with Crippen molar-refractivity contribution in [2.24, 2.45) is 10.5 Å². The Morgan fingerprint density at radius 3 is 2.26 bits per heavy atom. The summed E-state index contributed by atoms with van der Waals surface area (Å²) in [6.45, 7) is 3.46. The van der Waals surface area contributed by atoms with Crippen LogP contribution in [0.25, 0.3) is 0 Å². The topological polar surface area (TPSA) is 71.0 Å². The van der Waals surface area contributed by atoms with Crippen molar-refractivity contribution in [2.75, 3.05) is 11.6 Å². The van der Waals surface area contributed by atoms with Crippen molar-refractivity contribution in [3.05, 3.63) is 59.7 Å². The van der Waals surface area contributed by atoms with Crippen molar-refractivity contribution in [1.82, 2.24) is 5.32 Å². The second-order valence-corrected chi connectivity index (χ2v) is 10.7. The smallest absolute Gasteiger partial charge is 0.405 e. The van der Waals surface area contributed by atoms with Gasteiger partial charge in [-0.25, -0.2) is 0 Å². The van der Waals surface area contributed by atoms with Gasteiger partial charge in [-0.3, -0.25) is 9.59 Å². The number of nitrogens with zero attached hydrogens (tertiary/aromatic N) is 2. The van der Waals surface area contributed by atoms with Crippen LogP contribution in [0.5, 0.6) is 5.75 Å². The van der Waals surface area contributed by atoms with Crippen LogP contribution in [-0.2, 0) is 16.0 Å². The van der Waals surface area contributed by atoms with E-state index in [1.165, 1.54) is 13.8 Å². The molecule has 2 aromatic carbocycles. The molecule has 4 rings (SSSR count). The second kappa shape index (κ2) is 10.8. The van der Waals surface area contributed by atoms with E-state index in [4.69, 9.17) is 9.84 Å². The van der Waals surface area contributed by atoms with Crippen LogP contribution in [0.1, 0.15) is 63.5 Å². The molecule has 9 heteroatoms. The van der Waals surface area contributed by atoms with Gasteiger partial charge in [-0.2, -0.15) is 23.3 Å². The van der Waals surface area contributed by atoms with Gasteiger partial charge in [0.15, 0.2) is 5.60 Å². The lowest BCUT2D eigenvalue weighted by molar-refractivity contribution is -0.146. The van der Waals surface area contributed by atoms with Gasteiger partial charge in [-0.05, 0) is 82.7 Å². The van der Waals surface area contributed by atoms with Gasteiger partial charge in [0.2, 0.25) is 0 Å². The Bertz CT molecular complexity index is 1180. The Hall–Kier alpha value is -3.36. The first-order chi connectivity index (χ1) is 17.9. The highest BCUT2D eigenvalue weighted by Gasteiger charge is 2.52. The van der Waals surface area contributed by atoms with Crippen LogP contribution in [0, 0.1) is 12.3 Å². The summed E-state index contributed by atoms with van der Waals surface area (Å²) in [4.78, 5) is 25.6. The van der Waals surface area contributed by atoms with Gasteiger partial charge >= 0.3 is 6.18 Å². The molecule has 2 aliphatic rings. The van der Waals surface area contributed by atoms with Crippen LogP contribution < -0.4 is 15.1 Å². The Balaban J connectivity index is 1.35. The predicted octanol–water partition coefficient (Wildman–Crippen LogP) is 6.12. The average molecular weight is 530 g/mol. The molecule has 6 nitrogen and oxygen atoms in total. The van der Waals surface area contributed by atoms with Gasteiger partial charge in [-0.15, -0.1) is 0 Å². The first-order valence-electron chi connectivity index (χ1n) is 13.0. The van der Waals surface area contributed by atoms with Crippen molar-refractivity contribution >= 4 is 23.2 Å². The number of amides is 2. The summed E-state index contributed by atoms with van der Waals surface area (Å²) in [5.74, 6) is -0.367. The number of anilines is 1. The normalized spacial score (nSPS) is 17.2. The Morgan fingerprint density at radius 2 is 1.66 bits per heavy atom. The molecule has 0 aromatic heterocycles. The number of carbonyl (C=O) groups excluding carboxylic acids is 2. The molecule has 1 aliphatic carbocycles. The van der Waals surface area contributed by atoms with Gasteiger partial charge in [-0.1, -0.05) is 42.7 Å². The molecule has 1 N–H and O–H groups in total. The van der Waals surface area contributed by atoms with Crippen LogP contribution >= 0.6 is 0 Å². The number of hydrazone groups is 1. The number of alkyl halides is 3. The first-order valence-corrected chi connectivity index (χ1v) is 13.0. The summed E-state index contributed by atoms with van der Waals surface area (Å²) >= 11 is 0. The van der Waals surface area contributed by atoms with E-state index >= 15 is 0 Å². The Labute approximate surface area is 221 Å². The molecule has 1 spiro atoms. The van der Waals surface area contributed by atoms with Crippen LogP contribution in [0.15, 0.2) is 53.6 Å². The lowest BCUT2D eigenvalue weighted by Crippen LogP contribution is -2.49. The SMILES string of the molecule is Cc1ccc(N2N=C(CCCc3ccc(OC(C)(C)C(=O)NCC(F)(F)F)cc3)C3(CCCC3)C2=O)cc1. The Kier molecular flexibility index (Phi) is 7.85. The summed E-state index contributed by atoms with van der Waals surface area (Å²) in [6, 6.07) is 15.0. The summed E-state index contributed by atoms with van der Waals surface area (Å²) in [5.41, 5.74) is 2.00. The van der Waals surface area contributed by atoms with Gasteiger partial charge in [0.25, 0.3) is 11.8 Å². The van der Waals surface area contributed by atoms with E-state index in [1.807, 2.05) is 48.6 Å². The van der Waals surface area contributed by atoms with E-state index in [-0.39, 0.29) is 5.91 Å². The van der Waals surface area contributed by atoms with E-state index in [9.17, 15) is 22.8 Å². The van der Waals surface area contributed by atoms with Crippen molar-refractivity contribution in [2.45, 2.75) is 77.5 Å². The number of nitrogens with one attached hydrogen (secondary N) is 1. The largest absolute Gasteiger partial charge is 0.478 e. The number of ether oxygens (including phenoxy) is 1. The zero-order chi connectivity index (χ0) is 27.6. The highest BCUT2D eigenvalue weighted by atomic mass is 19.4. The average Bonchev–Trinajstić information content (AvgIpc) is 3.45. The van der Waals surface area contributed by atoms with Gasteiger partial charge < -0.3 is 10.1 Å². The summed E-state index contributed by atoms with van der Waals surface area (Å²) in [7, 11) is 0. The van der Waals surface area contributed by atoms with E-state index in [1.54, 1.807) is 17.1 Å². The maximum atomic E-state index is 13.5. The molecule has 1 heterocycles. The number of hydrogen-bond acceptors (Lipinski definition) is 4. The van der Waals surface area contributed by atoms with E-state index in [0.717, 1.165) is 67.5 Å². The van der Waals surface area contributed by atoms with Crippen molar-refractivity contribution in [3.63, 3.8) is 0 Å². The summed E-state index contributed by atoms with van der Waals surface area (Å²) < 4.78 is 42.9. The highest BCUT2D eigenvalue weighted by Crippen LogP contribution is 2.46. The minimum atomic E-state index is -4.49. The quantitative estimate of drug-likeness (QED) is 0.426. The van der Waals surface area contributed by atoms with Gasteiger partial charge in [0.1, 0.15) is 12.3 Å². The molecule has 0 radical (unpaired) electrons.